The molecule has 0 spiro atoms. The molecule has 20 heavy (non-hydrogen) atoms. The Morgan fingerprint density at radius 1 is 1.35 bits per heavy atom. The second kappa shape index (κ2) is 6.36. The van der Waals surface area contributed by atoms with Crippen molar-refractivity contribution in [2.75, 3.05) is 0 Å². The summed E-state index contributed by atoms with van der Waals surface area (Å²) in [5, 5.41) is 11.5. The molecule has 1 aromatic rings. The molecule has 0 aliphatic rings. The second-order valence-electron chi connectivity index (χ2n) is 5.33. The highest BCUT2D eigenvalue weighted by Crippen LogP contribution is 2.08. The van der Waals surface area contributed by atoms with Gasteiger partial charge in [0, 0.05) is 5.69 Å². The number of aliphatic carboxylic acids is 1. The topological polar surface area (TPSA) is 99.3 Å². The summed E-state index contributed by atoms with van der Waals surface area (Å²) >= 11 is 0. The second-order valence-corrected chi connectivity index (χ2v) is 5.33. The number of carbonyl (C=O) groups excluding carboxylic acids is 1. The predicted octanol–water partition coefficient (Wildman–Crippen LogP) is 1.22. The molecule has 6 heteroatoms. The number of amides is 1. The van der Waals surface area contributed by atoms with Crippen LogP contribution in [-0.2, 0) is 4.79 Å². The maximum atomic E-state index is 12.1. The fourth-order valence-corrected chi connectivity index (χ4v) is 2.06. The molecule has 0 fully saturated rings. The number of H-pyrrole nitrogens is 1. The van der Waals surface area contributed by atoms with Crippen LogP contribution < -0.4 is 10.9 Å². The van der Waals surface area contributed by atoms with Crippen LogP contribution in [0.4, 0.5) is 0 Å². The van der Waals surface area contributed by atoms with Gasteiger partial charge in [-0.2, -0.15) is 0 Å². The van der Waals surface area contributed by atoms with E-state index in [1.165, 1.54) is 0 Å². The summed E-state index contributed by atoms with van der Waals surface area (Å²) in [5.41, 5.74) is 0.637. The highest BCUT2D eigenvalue weighted by atomic mass is 16.4. The van der Waals surface area contributed by atoms with Gasteiger partial charge in [-0.15, -0.1) is 0 Å². The first kappa shape index (κ1) is 15.9. The lowest BCUT2D eigenvalue weighted by atomic mass is 10.0. The predicted molar refractivity (Wildman–Crippen MR) is 74.9 cm³/mol. The number of aromatic nitrogens is 1. The Labute approximate surface area is 117 Å². The van der Waals surface area contributed by atoms with Crippen LogP contribution >= 0.6 is 0 Å². The highest BCUT2D eigenvalue weighted by Gasteiger charge is 2.24. The third kappa shape index (κ3) is 3.94. The number of nitrogens with one attached hydrogen (secondary N) is 2. The van der Waals surface area contributed by atoms with Crippen molar-refractivity contribution in [1.29, 1.82) is 0 Å². The molecule has 1 amide bonds. The molecule has 1 heterocycles. The third-order valence-electron chi connectivity index (χ3n) is 2.90. The van der Waals surface area contributed by atoms with E-state index in [0.29, 0.717) is 17.7 Å². The number of carboxylic acids is 1. The average Bonchev–Trinajstić information content (AvgIpc) is 2.25. The summed E-state index contributed by atoms with van der Waals surface area (Å²) in [4.78, 5) is 37.6. The quantitative estimate of drug-likeness (QED) is 0.755. The Balaban J connectivity index is 3.01. The maximum Gasteiger partial charge on any atom is 0.326 e. The van der Waals surface area contributed by atoms with Crippen LogP contribution in [0.2, 0.25) is 0 Å². The zero-order valence-electron chi connectivity index (χ0n) is 12.1. The SMILES string of the molecule is Cc1cc(C)c(C(=O)NC(CC(C)C)C(=O)O)c(=O)[nH]1. The van der Waals surface area contributed by atoms with Gasteiger partial charge in [0.15, 0.2) is 0 Å². The minimum atomic E-state index is -1.10. The molecule has 0 bridgehead atoms. The zero-order chi connectivity index (χ0) is 15.4. The summed E-state index contributed by atoms with van der Waals surface area (Å²) < 4.78 is 0. The molecule has 0 radical (unpaired) electrons. The van der Waals surface area contributed by atoms with Gasteiger partial charge in [-0.1, -0.05) is 13.8 Å². The average molecular weight is 280 g/mol. The van der Waals surface area contributed by atoms with Crippen molar-refractivity contribution in [3.8, 4) is 0 Å². The first-order valence-corrected chi connectivity index (χ1v) is 6.46. The summed E-state index contributed by atoms with van der Waals surface area (Å²) in [6.45, 7) is 7.10. The normalized spacial score (nSPS) is 12.2. The van der Waals surface area contributed by atoms with Crippen molar-refractivity contribution in [2.45, 2.75) is 40.2 Å². The minimum Gasteiger partial charge on any atom is -0.480 e. The lowest BCUT2D eigenvalue weighted by Gasteiger charge is -2.16. The van der Waals surface area contributed by atoms with Crippen molar-refractivity contribution in [2.24, 2.45) is 5.92 Å². The van der Waals surface area contributed by atoms with Gasteiger partial charge in [0.25, 0.3) is 11.5 Å². The van der Waals surface area contributed by atoms with Gasteiger partial charge in [0.05, 0.1) is 0 Å². The van der Waals surface area contributed by atoms with Gasteiger partial charge < -0.3 is 15.4 Å². The van der Waals surface area contributed by atoms with Gasteiger partial charge in [-0.05, 0) is 37.8 Å². The summed E-state index contributed by atoms with van der Waals surface area (Å²) in [6, 6.07) is 0.678. The van der Waals surface area contributed by atoms with Gasteiger partial charge >= 0.3 is 5.97 Å². The first-order valence-electron chi connectivity index (χ1n) is 6.46. The van der Waals surface area contributed by atoms with E-state index >= 15 is 0 Å². The lowest BCUT2D eigenvalue weighted by molar-refractivity contribution is -0.139. The molecule has 0 saturated carbocycles. The highest BCUT2D eigenvalue weighted by molar-refractivity contribution is 5.97. The smallest absolute Gasteiger partial charge is 0.326 e. The largest absolute Gasteiger partial charge is 0.480 e. The van der Waals surface area contributed by atoms with Crippen LogP contribution in [0.3, 0.4) is 0 Å². The van der Waals surface area contributed by atoms with Gasteiger partial charge in [-0.25, -0.2) is 4.79 Å². The molecule has 110 valence electrons. The fourth-order valence-electron chi connectivity index (χ4n) is 2.06. The number of aryl methyl sites for hydroxylation is 2. The Kier molecular flexibility index (Phi) is 5.07. The molecule has 1 rings (SSSR count). The van der Waals surface area contributed by atoms with E-state index in [1.54, 1.807) is 19.9 Å². The first-order chi connectivity index (χ1) is 9.22. The summed E-state index contributed by atoms with van der Waals surface area (Å²) in [6.07, 6.45) is 0.309. The molecular weight excluding hydrogens is 260 g/mol. The van der Waals surface area contributed by atoms with Gasteiger partial charge in [0.1, 0.15) is 11.6 Å². The molecule has 0 saturated heterocycles. The van der Waals surface area contributed by atoms with Crippen molar-refractivity contribution < 1.29 is 14.7 Å². The van der Waals surface area contributed by atoms with E-state index in [9.17, 15) is 14.4 Å². The van der Waals surface area contributed by atoms with Crippen LogP contribution in [0.5, 0.6) is 0 Å². The van der Waals surface area contributed by atoms with Crippen LogP contribution in [0.25, 0.3) is 0 Å². The molecule has 6 nitrogen and oxygen atoms in total. The van der Waals surface area contributed by atoms with Crippen molar-refractivity contribution in [3.63, 3.8) is 0 Å². The number of carbonyl (C=O) groups is 2. The van der Waals surface area contributed by atoms with Crippen molar-refractivity contribution >= 4 is 11.9 Å². The number of rotatable bonds is 5. The molecule has 1 aromatic heterocycles. The molecule has 1 unspecified atom stereocenters. The maximum absolute atomic E-state index is 12.1. The zero-order valence-corrected chi connectivity index (χ0v) is 12.1. The van der Waals surface area contributed by atoms with E-state index in [1.807, 2.05) is 13.8 Å². The van der Waals surface area contributed by atoms with Crippen molar-refractivity contribution in [1.82, 2.24) is 10.3 Å². The molecule has 0 aliphatic heterocycles. The molecular formula is C14H20N2O4. The molecule has 0 aromatic carbocycles. The van der Waals surface area contributed by atoms with E-state index < -0.39 is 23.5 Å². The Morgan fingerprint density at radius 2 is 1.95 bits per heavy atom. The van der Waals surface area contributed by atoms with Crippen LogP contribution in [-0.4, -0.2) is 28.0 Å². The Bertz CT molecular complexity index is 575. The number of pyridine rings is 1. The van der Waals surface area contributed by atoms with Crippen LogP contribution in [0.1, 0.15) is 41.9 Å². The molecule has 3 N–H and O–H groups in total. The van der Waals surface area contributed by atoms with E-state index in [4.69, 9.17) is 5.11 Å². The van der Waals surface area contributed by atoms with E-state index in [0.717, 1.165) is 0 Å². The number of hydrogen-bond donors (Lipinski definition) is 3. The lowest BCUT2D eigenvalue weighted by Crippen LogP contribution is -2.43. The summed E-state index contributed by atoms with van der Waals surface area (Å²) in [7, 11) is 0. The summed E-state index contributed by atoms with van der Waals surface area (Å²) in [5.74, 6) is -1.64. The van der Waals surface area contributed by atoms with Crippen LogP contribution in [0, 0.1) is 19.8 Å². The number of hydrogen-bond acceptors (Lipinski definition) is 3. The fraction of sp³-hybridized carbons (Fsp3) is 0.500. The standard InChI is InChI=1S/C14H20N2O4/c1-7(2)5-10(14(19)20)16-13(18)11-8(3)6-9(4)15-12(11)17/h6-7,10H,5H2,1-4H3,(H,15,17)(H,16,18)(H,19,20). The van der Waals surface area contributed by atoms with Gasteiger partial charge in [-0.3, -0.25) is 9.59 Å². The number of aromatic amines is 1. The van der Waals surface area contributed by atoms with Crippen molar-refractivity contribution in [3.05, 3.63) is 33.2 Å². The monoisotopic (exact) mass is 280 g/mol. The Hall–Kier alpha value is -2.11. The van der Waals surface area contributed by atoms with Crippen LogP contribution in [0.15, 0.2) is 10.9 Å². The molecule has 0 aliphatic carbocycles. The van der Waals surface area contributed by atoms with Gasteiger partial charge in [0.2, 0.25) is 0 Å². The number of carboxylic acid groups (broad SMARTS) is 1. The molecule has 1 atom stereocenters. The Morgan fingerprint density at radius 3 is 2.40 bits per heavy atom. The third-order valence-corrected chi connectivity index (χ3v) is 2.90. The van der Waals surface area contributed by atoms with E-state index in [2.05, 4.69) is 10.3 Å². The minimum absolute atomic E-state index is 0.0365. The van der Waals surface area contributed by atoms with E-state index in [-0.39, 0.29) is 11.5 Å².